The molecule has 0 radical (unpaired) electrons. The maximum Gasteiger partial charge on any atom is 0.263 e. The first-order valence-electron chi connectivity index (χ1n) is 5.54. The molecule has 0 amide bonds. The SMILES string of the molecule is C=COCCCNCc1cccc(C(F)F)c1. The molecule has 1 rings (SSSR count). The molecule has 0 saturated heterocycles. The van der Waals surface area contributed by atoms with Gasteiger partial charge in [-0.3, -0.25) is 0 Å². The summed E-state index contributed by atoms with van der Waals surface area (Å²) in [5.74, 6) is 0. The van der Waals surface area contributed by atoms with Crippen LogP contribution in [-0.2, 0) is 11.3 Å². The third-order valence-electron chi connectivity index (χ3n) is 2.27. The highest BCUT2D eigenvalue weighted by Gasteiger charge is 2.06. The molecular formula is C13H17F2NO. The Kier molecular flexibility index (Phi) is 6.25. The summed E-state index contributed by atoms with van der Waals surface area (Å²) in [6, 6.07) is 6.45. The molecule has 0 unspecified atom stereocenters. The number of hydrogen-bond acceptors (Lipinski definition) is 2. The van der Waals surface area contributed by atoms with Crippen molar-refractivity contribution in [1.29, 1.82) is 0 Å². The number of halogens is 2. The van der Waals surface area contributed by atoms with Gasteiger partial charge in [0.15, 0.2) is 0 Å². The minimum Gasteiger partial charge on any atom is -0.502 e. The van der Waals surface area contributed by atoms with E-state index in [0.29, 0.717) is 13.2 Å². The lowest BCUT2D eigenvalue weighted by atomic mass is 10.1. The van der Waals surface area contributed by atoms with Crippen LogP contribution in [0.4, 0.5) is 8.78 Å². The molecule has 1 N–H and O–H groups in total. The molecule has 0 aliphatic rings. The van der Waals surface area contributed by atoms with Gasteiger partial charge in [0, 0.05) is 12.1 Å². The fraction of sp³-hybridized carbons (Fsp3) is 0.385. The minimum atomic E-state index is -2.41. The number of rotatable bonds is 8. The standard InChI is InChI=1S/C13H17F2NO/c1-2-17-8-4-7-16-10-11-5-3-6-12(9-11)13(14)15/h2-3,5-6,9,13,16H,1,4,7-8,10H2. The summed E-state index contributed by atoms with van der Waals surface area (Å²) in [5, 5.41) is 3.17. The molecule has 1 aromatic rings. The lowest BCUT2D eigenvalue weighted by Gasteiger charge is -2.06. The molecule has 1 aromatic carbocycles. The average molecular weight is 241 g/mol. The van der Waals surface area contributed by atoms with Crippen LogP contribution in [0, 0.1) is 0 Å². The third kappa shape index (κ3) is 5.45. The van der Waals surface area contributed by atoms with Gasteiger partial charge in [-0.15, -0.1) is 0 Å². The van der Waals surface area contributed by atoms with Gasteiger partial charge >= 0.3 is 0 Å². The van der Waals surface area contributed by atoms with Crippen molar-refractivity contribution in [3.63, 3.8) is 0 Å². The summed E-state index contributed by atoms with van der Waals surface area (Å²) in [6.07, 6.45) is -0.136. The van der Waals surface area contributed by atoms with Gasteiger partial charge in [0.05, 0.1) is 12.9 Å². The Morgan fingerprint density at radius 2 is 2.24 bits per heavy atom. The van der Waals surface area contributed by atoms with E-state index in [9.17, 15) is 8.78 Å². The summed E-state index contributed by atoms with van der Waals surface area (Å²) in [4.78, 5) is 0. The van der Waals surface area contributed by atoms with Crippen LogP contribution in [0.5, 0.6) is 0 Å². The first-order valence-corrected chi connectivity index (χ1v) is 5.54. The van der Waals surface area contributed by atoms with E-state index >= 15 is 0 Å². The molecule has 0 bridgehead atoms. The second-order valence-electron chi connectivity index (χ2n) is 3.61. The molecule has 0 heterocycles. The predicted octanol–water partition coefficient (Wildman–Crippen LogP) is 3.26. The highest BCUT2D eigenvalue weighted by molar-refractivity contribution is 5.24. The fourth-order valence-electron chi connectivity index (χ4n) is 1.44. The van der Waals surface area contributed by atoms with Crippen LogP contribution < -0.4 is 5.32 Å². The lowest BCUT2D eigenvalue weighted by molar-refractivity contribution is 0.151. The lowest BCUT2D eigenvalue weighted by Crippen LogP contribution is -2.16. The smallest absolute Gasteiger partial charge is 0.263 e. The average Bonchev–Trinajstić information content (AvgIpc) is 2.34. The molecule has 0 spiro atoms. The van der Waals surface area contributed by atoms with E-state index in [-0.39, 0.29) is 5.56 Å². The zero-order valence-electron chi connectivity index (χ0n) is 9.66. The molecular weight excluding hydrogens is 224 g/mol. The topological polar surface area (TPSA) is 21.3 Å². The predicted molar refractivity (Wildman–Crippen MR) is 63.9 cm³/mol. The van der Waals surface area contributed by atoms with Gasteiger partial charge in [0.25, 0.3) is 6.43 Å². The van der Waals surface area contributed by atoms with Crippen LogP contribution in [-0.4, -0.2) is 13.2 Å². The number of ether oxygens (including phenoxy) is 1. The molecule has 4 heteroatoms. The van der Waals surface area contributed by atoms with Crippen molar-refractivity contribution in [3.8, 4) is 0 Å². The summed E-state index contributed by atoms with van der Waals surface area (Å²) in [6.45, 7) is 5.43. The van der Waals surface area contributed by atoms with Crippen molar-refractivity contribution in [2.45, 2.75) is 19.4 Å². The minimum absolute atomic E-state index is 0.0688. The normalized spacial score (nSPS) is 10.5. The summed E-state index contributed by atoms with van der Waals surface area (Å²) >= 11 is 0. The second-order valence-corrected chi connectivity index (χ2v) is 3.61. The van der Waals surface area contributed by atoms with Crippen LogP contribution >= 0.6 is 0 Å². The van der Waals surface area contributed by atoms with Crippen molar-refractivity contribution < 1.29 is 13.5 Å². The Labute approximate surface area is 100 Å². The molecule has 0 atom stereocenters. The van der Waals surface area contributed by atoms with E-state index in [4.69, 9.17) is 4.74 Å². The van der Waals surface area contributed by atoms with E-state index < -0.39 is 6.43 Å². The summed E-state index contributed by atoms with van der Waals surface area (Å²) < 4.78 is 29.8. The Bertz CT molecular complexity index is 342. The molecule has 0 fully saturated rings. The van der Waals surface area contributed by atoms with Crippen LogP contribution in [0.15, 0.2) is 37.1 Å². The largest absolute Gasteiger partial charge is 0.502 e. The zero-order valence-corrected chi connectivity index (χ0v) is 9.66. The van der Waals surface area contributed by atoms with Crippen LogP contribution in [0.1, 0.15) is 24.0 Å². The third-order valence-corrected chi connectivity index (χ3v) is 2.27. The van der Waals surface area contributed by atoms with Gasteiger partial charge in [-0.2, -0.15) is 0 Å². The molecule has 0 saturated carbocycles. The monoisotopic (exact) mass is 241 g/mol. The molecule has 94 valence electrons. The van der Waals surface area contributed by atoms with E-state index in [1.54, 1.807) is 6.07 Å². The van der Waals surface area contributed by atoms with Crippen LogP contribution in [0.2, 0.25) is 0 Å². The van der Waals surface area contributed by atoms with Crippen molar-refractivity contribution in [1.82, 2.24) is 5.32 Å². The highest BCUT2D eigenvalue weighted by atomic mass is 19.3. The maximum atomic E-state index is 12.4. The van der Waals surface area contributed by atoms with Crippen molar-refractivity contribution in [2.24, 2.45) is 0 Å². The van der Waals surface area contributed by atoms with E-state index in [1.165, 1.54) is 18.4 Å². The van der Waals surface area contributed by atoms with Crippen LogP contribution in [0.25, 0.3) is 0 Å². The van der Waals surface area contributed by atoms with Crippen molar-refractivity contribution in [2.75, 3.05) is 13.2 Å². The Morgan fingerprint density at radius 1 is 1.41 bits per heavy atom. The number of nitrogens with one attached hydrogen (secondary N) is 1. The van der Waals surface area contributed by atoms with Crippen molar-refractivity contribution in [3.05, 3.63) is 48.2 Å². The number of alkyl halides is 2. The van der Waals surface area contributed by atoms with E-state index in [0.717, 1.165) is 18.5 Å². The second kappa shape index (κ2) is 7.79. The Hall–Kier alpha value is -1.42. The van der Waals surface area contributed by atoms with E-state index in [1.807, 2.05) is 6.07 Å². The first-order chi connectivity index (χ1) is 8.24. The molecule has 0 aliphatic heterocycles. The number of benzene rings is 1. The fourth-order valence-corrected chi connectivity index (χ4v) is 1.44. The summed E-state index contributed by atoms with van der Waals surface area (Å²) in [7, 11) is 0. The first kappa shape index (κ1) is 13.6. The van der Waals surface area contributed by atoms with Crippen LogP contribution in [0.3, 0.4) is 0 Å². The molecule has 0 aliphatic carbocycles. The van der Waals surface area contributed by atoms with Gasteiger partial charge in [-0.05, 0) is 24.6 Å². The van der Waals surface area contributed by atoms with Gasteiger partial charge in [-0.25, -0.2) is 8.78 Å². The zero-order chi connectivity index (χ0) is 12.5. The Balaban J connectivity index is 2.26. The van der Waals surface area contributed by atoms with Gasteiger partial charge in [-0.1, -0.05) is 24.8 Å². The maximum absolute atomic E-state index is 12.4. The molecule has 2 nitrogen and oxygen atoms in total. The Morgan fingerprint density at radius 3 is 2.94 bits per heavy atom. The number of hydrogen-bond donors (Lipinski definition) is 1. The molecule has 17 heavy (non-hydrogen) atoms. The van der Waals surface area contributed by atoms with Gasteiger partial charge < -0.3 is 10.1 Å². The van der Waals surface area contributed by atoms with Gasteiger partial charge in [0.2, 0.25) is 0 Å². The van der Waals surface area contributed by atoms with Crippen molar-refractivity contribution >= 4 is 0 Å². The van der Waals surface area contributed by atoms with E-state index in [2.05, 4.69) is 11.9 Å². The molecule has 0 aromatic heterocycles. The summed E-state index contributed by atoms with van der Waals surface area (Å²) in [5.41, 5.74) is 0.937. The highest BCUT2D eigenvalue weighted by Crippen LogP contribution is 2.19. The quantitative estimate of drug-likeness (QED) is 0.557. The van der Waals surface area contributed by atoms with Gasteiger partial charge in [0.1, 0.15) is 0 Å².